The summed E-state index contributed by atoms with van der Waals surface area (Å²) < 4.78 is 8.82. The van der Waals surface area contributed by atoms with Gasteiger partial charge >= 0.3 is 0 Å². The molecule has 0 bridgehead atoms. The Hall–Kier alpha value is -2.02. The number of carbonyl (C=O) groups is 1. The molecule has 1 aliphatic rings. The van der Waals surface area contributed by atoms with E-state index in [0.717, 1.165) is 34.3 Å². The van der Waals surface area contributed by atoms with E-state index < -0.39 is 0 Å². The number of aromatic amines is 1. The van der Waals surface area contributed by atoms with Crippen LogP contribution >= 0.6 is 35.1 Å². The summed E-state index contributed by atoms with van der Waals surface area (Å²) in [5.74, 6) is 0.587. The van der Waals surface area contributed by atoms with Crippen molar-refractivity contribution in [2.24, 2.45) is 0 Å². The van der Waals surface area contributed by atoms with Crippen LogP contribution < -0.4 is 14.8 Å². The summed E-state index contributed by atoms with van der Waals surface area (Å²) in [6.45, 7) is 0.0393. The van der Waals surface area contributed by atoms with E-state index in [1.54, 1.807) is 6.20 Å². The van der Waals surface area contributed by atoms with Crippen LogP contribution in [-0.2, 0) is 4.79 Å². The Labute approximate surface area is 170 Å². The Kier molecular flexibility index (Phi) is 5.38. The second-order valence-electron chi connectivity index (χ2n) is 6.29. The molecular weight excluding hydrogens is 405 g/mol. The number of fused-ring (bicyclic) bond motifs is 1. The van der Waals surface area contributed by atoms with E-state index in [4.69, 9.17) is 27.9 Å². The summed E-state index contributed by atoms with van der Waals surface area (Å²) in [5.41, 5.74) is 1.75. The van der Waals surface area contributed by atoms with Crippen molar-refractivity contribution in [1.82, 2.24) is 10.3 Å². The molecule has 0 saturated heterocycles. The van der Waals surface area contributed by atoms with Crippen LogP contribution in [0.5, 0.6) is 5.75 Å². The number of amides is 1. The molecular formula is C19H17Cl2N3O2S. The monoisotopic (exact) mass is 421 g/mol. The molecule has 1 aliphatic carbocycles. The highest BCUT2D eigenvalue weighted by molar-refractivity contribution is 8.00. The fourth-order valence-corrected chi connectivity index (χ4v) is 3.85. The molecule has 5 nitrogen and oxygen atoms in total. The molecule has 4 rings (SSSR count). The van der Waals surface area contributed by atoms with Gasteiger partial charge in [0.2, 0.25) is 0 Å². The minimum absolute atomic E-state index is 0.0393. The lowest BCUT2D eigenvalue weighted by Crippen LogP contribution is -2.30. The summed E-state index contributed by atoms with van der Waals surface area (Å²) in [6, 6.07) is 11.6. The number of H-pyrrole nitrogens is 1. The lowest BCUT2D eigenvalue weighted by Gasteiger charge is -2.09. The predicted octanol–water partition coefficient (Wildman–Crippen LogP) is 5.25. The van der Waals surface area contributed by atoms with Crippen LogP contribution in [0, 0.1) is 0 Å². The molecule has 0 spiro atoms. The van der Waals surface area contributed by atoms with E-state index in [1.165, 1.54) is 11.9 Å². The van der Waals surface area contributed by atoms with Gasteiger partial charge in [-0.05, 0) is 61.2 Å². The van der Waals surface area contributed by atoms with Crippen LogP contribution in [0.2, 0.25) is 10.0 Å². The fourth-order valence-electron chi connectivity index (χ4n) is 2.62. The van der Waals surface area contributed by atoms with Gasteiger partial charge in [-0.2, -0.15) is 0 Å². The zero-order valence-electron chi connectivity index (χ0n) is 14.2. The highest BCUT2D eigenvalue weighted by Crippen LogP contribution is 2.36. The summed E-state index contributed by atoms with van der Waals surface area (Å²) in [4.78, 5) is 15.8. The summed E-state index contributed by atoms with van der Waals surface area (Å²) in [7, 11) is 0. The van der Waals surface area contributed by atoms with Gasteiger partial charge in [-0.3, -0.25) is 4.79 Å². The maximum absolute atomic E-state index is 11.7. The number of aromatic nitrogens is 1. The highest BCUT2D eigenvalue weighted by Gasteiger charge is 2.23. The Morgan fingerprint density at radius 2 is 1.93 bits per heavy atom. The fraction of sp³-hybridized carbons (Fsp3) is 0.211. The molecule has 0 radical (unpaired) electrons. The SMILES string of the molecule is O=C(COc1ccc(SNc2ccc(Cl)c3c(Cl)c[nH]c23)cc1)NC1CC1. The molecule has 3 N–H and O–H groups in total. The summed E-state index contributed by atoms with van der Waals surface area (Å²) in [6.07, 6.45) is 3.86. The number of hydrogen-bond acceptors (Lipinski definition) is 4. The minimum Gasteiger partial charge on any atom is -0.484 e. The van der Waals surface area contributed by atoms with Gasteiger partial charge in [0.05, 0.1) is 21.2 Å². The van der Waals surface area contributed by atoms with Crippen LogP contribution in [0.15, 0.2) is 47.5 Å². The third-order valence-corrected chi connectivity index (χ3v) is 5.59. The van der Waals surface area contributed by atoms with Crippen molar-refractivity contribution in [3.63, 3.8) is 0 Å². The molecule has 1 amide bonds. The van der Waals surface area contributed by atoms with Gasteiger partial charge in [-0.25, -0.2) is 0 Å². The standard InChI is InChI=1S/C19H17Cl2N3O2S/c20-14-7-8-16(19-18(14)15(21)9-22-19)24-27-13-5-3-12(4-6-13)26-10-17(25)23-11-1-2-11/h3-9,11,22,24H,1-2,10H2,(H,23,25). The van der Waals surface area contributed by atoms with E-state index in [1.807, 2.05) is 36.4 Å². The smallest absolute Gasteiger partial charge is 0.258 e. The predicted molar refractivity (Wildman–Crippen MR) is 111 cm³/mol. The van der Waals surface area contributed by atoms with Crippen LogP contribution in [0.25, 0.3) is 10.9 Å². The van der Waals surface area contributed by atoms with Crippen molar-refractivity contribution >= 4 is 57.6 Å². The molecule has 0 unspecified atom stereocenters. The number of ether oxygens (including phenoxy) is 1. The average Bonchev–Trinajstić information content (AvgIpc) is 3.39. The topological polar surface area (TPSA) is 66.1 Å². The molecule has 0 atom stereocenters. The molecule has 27 heavy (non-hydrogen) atoms. The third-order valence-electron chi connectivity index (χ3n) is 4.15. The highest BCUT2D eigenvalue weighted by atomic mass is 35.5. The number of nitrogens with one attached hydrogen (secondary N) is 3. The van der Waals surface area contributed by atoms with E-state index in [0.29, 0.717) is 21.8 Å². The normalized spacial score (nSPS) is 13.6. The van der Waals surface area contributed by atoms with Gasteiger partial charge < -0.3 is 19.8 Å². The molecule has 1 saturated carbocycles. The zero-order chi connectivity index (χ0) is 18.8. The number of benzene rings is 2. The Morgan fingerprint density at radius 1 is 1.15 bits per heavy atom. The minimum atomic E-state index is -0.0750. The first-order valence-corrected chi connectivity index (χ1v) is 10.1. The summed E-state index contributed by atoms with van der Waals surface area (Å²) in [5, 5.41) is 4.90. The van der Waals surface area contributed by atoms with E-state index in [9.17, 15) is 4.79 Å². The van der Waals surface area contributed by atoms with Crippen LogP contribution in [0.3, 0.4) is 0 Å². The van der Waals surface area contributed by atoms with E-state index in [-0.39, 0.29) is 12.5 Å². The lowest BCUT2D eigenvalue weighted by molar-refractivity contribution is -0.123. The first-order chi connectivity index (χ1) is 13.1. The largest absolute Gasteiger partial charge is 0.484 e. The van der Waals surface area contributed by atoms with Crippen molar-refractivity contribution in [3.8, 4) is 5.75 Å². The van der Waals surface area contributed by atoms with Crippen molar-refractivity contribution in [2.45, 2.75) is 23.8 Å². The number of hydrogen-bond donors (Lipinski definition) is 3. The quantitative estimate of drug-likeness (QED) is 0.455. The first kappa shape index (κ1) is 18.3. The molecule has 140 valence electrons. The van der Waals surface area contributed by atoms with Crippen LogP contribution in [0.4, 0.5) is 5.69 Å². The van der Waals surface area contributed by atoms with Crippen LogP contribution in [0.1, 0.15) is 12.8 Å². The number of rotatable bonds is 7. The second kappa shape index (κ2) is 7.92. The maximum atomic E-state index is 11.7. The van der Waals surface area contributed by atoms with E-state index in [2.05, 4.69) is 15.0 Å². The average molecular weight is 422 g/mol. The van der Waals surface area contributed by atoms with Gasteiger partial charge in [0.15, 0.2) is 6.61 Å². The molecule has 0 aliphatic heterocycles. The summed E-state index contributed by atoms with van der Waals surface area (Å²) >= 11 is 13.8. The van der Waals surface area contributed by atoms with Crippen LogP contribution in [-0.4, -0.2) is 23.5 Å². The molecule has 1 heterocycles. The van der Waals surface area contributed by atoms with Crippen molar-refractivity contribution in [2.75, 3.05) is 11.3 Å². The lowest BCUT2D eigenvalue weighted by atomic mass is 10.2. The molecule has 3 aromatic rings. The molecule has 1 aromatic heterocycles. The number of halogens is 2. The Bertz CT molecular complexity index is 971. The molecule has 8 heteroatoms. The first-order valence-electron chi connectivity index (χ1n) is 8.50. The molecule has 2 aromatic carbocycles. The third kappa shape index (κ3) is 4.46. The van der Waals surface area contributed by atoms with Gasteiger partial charge in [-0.15, -0.1) is 0 Å². The second-order valence-corrected chi connectivity index (χ2v) is 7.98. The van der Waals surface area contributed by atoms with Crippen molar-refractivity contribution in [3.05, 3.63) is 52.6 Å². The van der Waals surface area contributed by atoms with Gasteiger partial charge in [-0.1, -0.05) is 23.2 Å². The zero-order valence-corrected chi connectivity index (χ0v) is 16.5. The molecule has 1 fully saturated rings. The Balaban J connectivity index is 1.35. The maximum Gasteiger partial charge on any atom is 0.258 e. The number of carbonyl (C=O) groups excluding carboxylic acids is 1. The van der Waals surface area contributed by atoms with Crippen molar-refractivity contribution < 1.29 is 9.53 Å². The Morgan fingerprint density at radius 3 is 2.67 bits per heavy atom. The van der Waals surface area contributed by atoms with Gasteiger partial charge in [0.25, 0.3) is 5.91 Å². The van der Waals surface area contributed by atoms with E-state index >= 15 is 0 Å². The van der Waals surface area contributed by atoms with Gasteiger partial charge in [0, 0.05) is 22.5 Å². The van der Waals surface area contributed by atoms with Gasteiger partial charge in [0.1, 0.15) is 5.75 Å². The number of anilines is 1. The van der Waals surface area contributed by atoms with Crippen molar-refractivity contribution in [1.29, 1.82) is 0 Å².